The molecule has 0 aliphatic carbocycles. The molecule has 82 valence electrons. The molecule has 5 heteroatoms. The van der Waals surface area contributed by atoms with Crippen LogP contribution in [-0.4, -0.2) is 12.4 Å². The molecule has 1 aromatic rings. The smallest absolute Gasteiger partial charge is 0.387 e. The molecule has 2 nitrogen and oxygen atoms in total. The van der Waals surface area contributed by atoms with Gasteiger partial charge in [0.25, 0.3) is 0 Å². The Morgan fingerprint density at radius 3 is 2.53 bits per heavy atom. The van der Waals surface area contributed by atoms with Gasteiger partial charge in [0.05, 0.1) is 5.56 Å². The Morgan fingerprint density at radius 1 is 1.47 bits per heavy atom. The van der Waals surface area contributed by atoms with Crippen molar-refractivity contribution in [2.75, 3.05) is 0 Å². The summed E-state index contributed by atoms with van der Waals surface area (Å²) in [5.74, 6) is -0.490. The average Bonchev–Trinajstić information content (AvgIpc) is 2.12. The first kappa shape index (κ1) is 11.9. The molecule has 0 amide bonds. The SMILES string of the molecule is CC(=O)c1ccc(Cl)c(C)c1OC(F)F. The maximum atomic E-state index is 12.1. The highest BCUT2D eigenvalue weighted by atomic mass is 35.5. The maximum absolute atomic E-state index is 12.1. The molecule has 0 saturated carbocycles. The van der Waals surface area contributed by atoms with Crippen molar-refractivity contribution in [2.24, 2.45) is 0 Å². The lowest BCUT2D eigenvalue weighted by atomic mass is 10.1. The van der Waals surface area contributed by atoms with E-state index in [4.69, 9.17) is 11.6 Å². The summed E-state index contributed by atoms with van der Waals surface area (Å²) in [5.41, 5.74) is 0.446. The third-order valence-corrected chi connectivity index (χ3v) is 2.34. The number of benzene rings is 1. The fourth-order valence-corrected chi connectivity index (χ4v) is 1.33. The maximum Gasteiger partial charge on any atom is 0.387 e. The Kier molecular flexibility index (Phi) is 3.63. The zero-order chi connectivity index (χ0) is 11.6. The van der Waals surface area contributed by atoms with Gasteiger partial charge in [0.2, 0.25) is 0 Å². The molecule has 1 aromatic carbocycles. The van der Waals surface area contributed by atoms with Crippen LogP contribution in [0, 0.1) is 6.92 Å². The second kappa shape index (κ2) is 4.57. The fourth-order valence-electron chi connectivity index (χ4n) is 1.19. The molecule has 0 saturated heterocycles. The summed E-state index contributed by atoms with van der Waals surface area (Å²) >= 11 is 5.74. The summed E-state index contributed by atoms with van der Waals surface area (Å²) in [5, 5.41) is 0.288. The Morgan fingerprint density at radius 2 is 2.07 bits per heavy atom. The van der Waals surface area contributed by atoms with Crippen molar-refractivity contribution in [1.82, 2.24) is 0 Å². The summed E-state index contributed by atoms with van der Waals surface area (Å²) in [6.45, 7) is -0.173. The van der Waals surface area contributed by atoms with Gasteiger partial charge in [-0.25, -0.2) is 0 Å². The molecule has 1 rings (SSSR count). The Bertz CT molecular complexity index is 391. The van der Waals surface area contributed by atoms with E-state index in [0.717, 1.165) is 0 Å². The lowest BCUT2D eigenvalue weighted by Gasteiger charge is -2.12. The summed E-state index contributed by atoms with van der Waals surface area (Å²) in [4.78, 5) is 11.1. The van der Waals surface area contributed by atoms with Crippen LogP contribution in [-0.2, 0) is 0 Å². The standard InChI is InChI=1S/C10H9ClF2O2/c1-5-8(11)4-3-7(6(2)14)9(5)15-10(12)13/h3-4,10H,1-2H3. The van der Waals surface area contributed by atoms with Crippen molar-refractivity contribution in [2.45, 2.75) is 20.5 Å². The van der Waals surface area contributed by atoms with Crippen LogP contribution in [0.3, 0.4) is 0 Å². The Labute approximate surface area is 90.8 Å². The number of alkyl halides is 2. The van der Waals surface area contributed by atoms with Gasteiger partial charge in [-0.05, 0) is 26.0 Å². The molecule has 0 aromatic heterocycles. The van der Waals surface area contributed by atoms with Crippen LogP contribution in [0.4, 0.5) is 8.78 Å². The highest BCUT2D eigenvalue weighted by molar-refractivity contribution is 6.31. The number of hydrogen-bond acceptors (Lipinski definition) is 2. The van der Waals surface area contributed by atoms with Gasteiger partial charge in [0, 0.05) is 10.6 Å². The van der Waals surface area contributed by atoms with Crippen LogP contribution in [0.25, 0.3) is 0 Å². The average molecular weight is 235 g/mol. The van der Waals surface area contributed by atoms with Gasteiger partial charge in [0.1, 0.15) is 5.75 Å². The van der Waals surface area contributed by atoms with Gasteiger partial charge in [-0.1, -0.05) is 11.6 Å². The quantitative estimate of drug-likeness (QED) is 0.749. The molecule has 0 aliphatic heterocycles. The number of Topliss-reactive ketones (excluding diaryl/α,β-unsaturated/α-hetero) is 1. The van der Waals surface area contributed by atoms with Gasteiger partial charge in [-0.3, -0.25) is 4.79 Å². The predicted molar refractivity (Wildman–Crippen MR) is 52.8 cm³/mol. The lowest BCUT2D eigenvalue weighted by molar-refractivity contribution is -0.0505. The van der Waals surface area contributed by atoms with Crippen molar-refractivity contribution >= 4 is 17.4 Å². The van der Waals surface area contributed by atoms with Crippen LogP contribution in [0.5, 0.6) is 5.75 Å². The molecule has 0 bridgehead atoms. The van der Waals surface area contributed by atoms with E-state index in [9.17, 15) is 13.6 Å². The zero-order valence-electron chi connectivity index (χ0n) is 8.18. The van der Waals surface area contributed by atoms with Crippen molar-refractivity contribution < 1.29 is 18.3 Å². The summed E-state index contributed by atoms with van der Waals surface area (Å²) < 4.78 is 28.5. The van der Waals surface area contributed by atoms with Crippen molar-refractivity contribution in [3.05, 3.63) is 28.3 Å². The molecule has 0 radical (unpaired) electrons. The van der Waals surface area contributed by atoms with E-state index >= 15 is 0 Å². The first-order valence-corrected chi connectivity index (χ1v) is 4.56. The van der Waals surface area contributed by atoms with Crippen LogP contribution in [0.2, 0.25) is 5.02 Å². The highest BCUT2D eigenvalue weighted by Gasteiger charge is 2.17. The van der Waals surface area contributed by atoms with Crippen LogP contribution < -0.4 is 4.74 Å². The Hall–Kier alpha value is -1.16. The third kappa shape index (κ3) is 2.65. The normalized spacial score (nSPS) is 10.5. The number of ether oxygens (including phenoxy) is 1. The summed E-state index contributed by atoms with van der Waals surface area (Å²) in [6.07, 6.45) is 0. The fraction of sp³-hybridized carbons (Fsp3) is 0.300. The van der Waals surface area contributed by atoms with Gasteiger partial charge in [-0.2, -0.15) is 8.78 Å². The largest absolute Gasteiger partial charge is 0.434 e. The van der Waals surface area contributed by atoms with Crippen molar-refractivity contribution in [1.29, 1.82) is 0 Å². The van der Waals surface area contributed by atoms with Gasteiger partial charge >= 0.3 is 6.61 Å². The molecule has 0 spiro atoms. The molecule has 0 fully saturated rings. The summed E-state index contributed by atoms with van der Waals surface area (Å²) in [7, 11) is 0. The molecular formula is C10H9ClF2O2. The zero-order valence-corrected chi connectivity index (χ0v) is 8.94. The van der Waals surface area contributed by atoms with E-state index in [0.29, 0.717) is 5.56 Å². The summed E-state index contributed by atoms with van der Waals surface area (Å²) in [6, 6.07) is 2.85. The first-order valence-electron chi connectivity index (χ1n) is 4.18. The minimum Gasteiger partial charge on any atom is -0.434 e. The number of ketones is 1. The topological polar surface area (TPSA) is 26.3 Å². The highest BCUT2D eigenvalue weighted by Crippen LogP contribution is 2.31. The number of hydrogen-bond donors (Lipinski definition) is 0. The third-order valence-electron chi connectivity index (χ3n) is 1.93. The van der Waals surface area contributed by atoms with Crippen molar-refractivity contribution in [3.63, 3.8) is 0 Å². The second-order valence-corrected chi connectivity index (χ2v) is 3.39. The molecule has 0 aliphatic rings. The number of carbonyl (C=O) groups is 1. The van der Waals surface area contributed by atoms with Gasteiger partial charge in [-0.15, -0.1) is 0 Å². The first-order chi connectivity index (χ1) is 6.93. The van der Waals surface area contributed by atoms with E-state index in [-0.39, 0.29) is 22.1 Å². The van der Waals surface area contributed by atoms with Crippen molar-refractivity contribution in [3.8, 4) is 5.75 Å². The minimum absolute atomic E-state index is 0.109. The number of rotatable bonds is 3. The van der Waals surface area contributed by atoms with Crippen LogP contribution in [0.1, 0.15) is 22.8 Å². The monoisotopic (exact) mass is 234 g/mol. The van der Waals surface area contributed by atoms with E-state index in [2.05, 4.69) is 4.74 Å². The van der Waals surface area contributed by atoms with Crippen LogP contribution >= 0.6 is 11.6 Å². The number of halogens is 3. The number of carbonyl (C=O) groups excluding carboxylic acids is 1. The minimum atomic E-state index is -2.97. The Balaban J connectivity index is 3.28. The molecular weight excluding hydrogens is 226 g/mol. The van der Waals surface area contributed by atoms with E-state index in [1.54, 1.807) is 0 Å². The van der Waals surface area contributed by atoms with E-state index in [1.807, 2.05) is 0 Å². The predicted octanol–water partition coefficient (Wildman–Crippen LogP) is 3.45. The van der Waals surface area contributed by atoms with E-state index in [1.165, 1.54) is 26.0 Å². The van der Waals surface area contributed by atoms with Gasteiger partial charge in [0.15, 0.2) is 5.78 Å². The molecule has 0 unspecified atom stereocenters. The molecule has 0 atom stereocenters. The molecule has 0 N–H and O–H groups in total. The molecule has 0 heterocycles. The lowest BCUT2D eigenvalue weighted by Crippen LogP contribution is -2.08. The van der Waals surface area contributed by atoms with Gasteiger partial charge < -0.3 is 4.74 Å². The van der Waals surface area contributed by atoms with Crippen LogP contribution in [0.15, 0.2) is 12.1 Å². The van der Waals surface area contributed by atoms with E-state index < -0.39 is 6.61 Å². The molecule has 15 heavy (non-hydrogen) atoms. The second-order valence-electron chi connectivity index (χ2n) is 2.98.